The largest absolute Gasteiger partial charge is 0.497 e. The normalized spacial score (nSPS) is 12.0. The van der Waals surface area contributed by atoms with Gasteiger partial charge in [-0.3, -0.25) is 4.99 Å². The van der Waals surface area contributed by atoms with Crippen LogP contribution in [0.15, 0.2) is 29.3 Å². The highest BCUT2D eigenvalue weighted by Crippen LogP contribution is 2.19. The molecule has 1 rings (SSSR count). The third kappa shape index (κ3) is 7.03. The Morgan fingerprint density at radius 2 is 1.87 bits per heavy atom. The summed E-state index contributed by atoms with van der Waals surface area (Å²) in [5.74, 6) is 2.55. The minimum Gasteiger partial charge on any atom is -0.497 e. The molecular weight excluding hydrogens is 310 g/mol. The quantitative estimate of drug-likeness (QED) is 0.583. The van der Waals surface area contributed by atoms with Gasteiger partial charge in [0.1, 0.15) is 18.1 Å². The molecular formula is C17H29N3O2S. The van der Waals surface area contributed by atoms with E-state index < -0.39 is 0 Å². The molecule has 0 aliphatic carbocycles. The number of thioether (sulfide) groups is 1. The maximum Gasteiger partial charge on any atom is 0.193 e. The fourth-order valence-electron chi connectivity index (χ4n) is 1.83. The monoisotopic (exact) mass is 339 g/mol. The van der Waals surface area contributed by atoms with Crippen LogP contribution in [0.2, 0.25) is 0 Å². The molecule has 0 saturated heterocycles. The van der Waals surface area contributed by atoms with Crippen molar-refractivity contribution in [3.63, 3.8) is 0 Å². The van der Waals surface area contributed by atoms with Gasteiger partial charge < -0.3 is 19.7 Å². The van der Waals surface area contributed by atoms with E-state index in [4.69, 9.17) is 9.47 Å². The lowest BCUT2D eigenvalue weighted by molar-refractivity contribution is 0.281. The lowest BCUT2D eigenvalue weighted by Gasteiger charge is -2.27. The molecule has 5 nitrogen and oxygen atoms in total. The van der Waals surface area contributed by atoms with Crippen LogP contribution in [0, 0.1) is 0 Å². The van der Waals surface area contributed by atoms with Gasteiger partial charge in [-0.25, -0.2) is 0 Å². The maximum atomic E-state index is 5.75. The predicted molar refractivity (Wildman–Crippen MR) is 100 cm³/mol. The topological polar surface area (TPSA) is 46.1 Å². The fraction of sp³-hybridized carbons (Fsp3) is 0.588. The van der Waals surface area contributed by atoms with Gasteiger partial charge in [0.25, 0.3) is 0 Å². The zero-order valence-electron chi connectivity index (χ0n) is 15.0. The number of methoxy groups -OCH3 is 1. The Morgan fingerprint density at radius 1 is 1.26 bits per heavy atom. The second-order valence-corrected chi connectivity index (χ2v) is 7.32. The van der Waals surface area contributed by atoms with E-state index in [1.54, 1.807) is 14.2 Å². The molecule has 1 aromatic rings. The zero-order valence-corrected chi connectivity index (χ0v) is 15.9. The van der Waals surface area contributed by atoms with Gasteiger partial charge in [0, 0.05) is 25.4 Å². The first kappa shape index (κ1) is 19.5. The summed E-state index contributed by atoms with van der Waals surface area (Å²) in [4.78, 5) is 6.39. The molecule has 0 aromatic heterocycles. The minimum absolute atomic E-state index is 0.177. The van der Waals surface area contributed by atoms with Gasteiger partial charge in [0.2, 0.25) is 0 Å². The number of nitrogens with zero attached hydrogens (tertiary/aromatic N) is 2. The van der Waals surface area contributed by atoms with E-state index in [0.29, 0.717) is 6.61 Å². The smallest absolute Gasteiger partial charge is 0.193 e. The van der Waals surface area contributed by atoms with Crippen molar-refractivity contribution in [3.8, 4) is 11.5 Å². The number of hydrogen-bond donors (Lipinski definition) is 1. The lowest BCUT2D eigenvalue weighted by atomic mass is 10.2. The van der Waals surface area contributed by atoms with Crippen molar-refractivity contribution < 1.29 is 9.47 Å². The Kier molecular flexibility index (Phi) is 8.09. The van der Waals surface area contributed by atoms with Crippen LogP contribution in [0.5, 0.6) is 11.5 Å². The first-order chi connectivity index (χ1) is 10.9. The molecule has 130 valence electrons. The zero-order chi connectivity index (χ0) is 17.3. The molecule has 0 amide bonds. The molecule has 6 heteroatoms. The summed E-state index contributed by atoms with van der Waals surface area (Å²) < 4.78 is 11.1. The van der Waals surface area contributed by atoms with E-state index in [1.165, 1.54) is 0 Å². The summed E-state index contributed by atoms with van der Waals surface area (Å²) in [5.41, 5.74) is 0. The molecule has 0 saturated carbocycles. The molecule has 1 N–H and O–H groups in total. The van der Waals surface area contributed by atoms with E-state index in [2.05, 4.69) is 35.3 Å². The summed E-state index contributed by atoms with van der Waals surface area (Å²) in [6, 6.07) is 7.61. The number of rotatable bonds is 8. The number of ether oxygens (including phenoxy) is 2. The summed E-state index contributed by atoms with van der Waals surface area (Å²) in [6.07, 6.45) is 2.12. The molecule has 0 fully saturated rings. The summed E-state index contributed by atoms with van der Waals surface area (Å²) in [7, 11) is 5.47. The van der Waals surface area contributed by atoms with Crippen molar-refractivity contribution in [2.75, 3.05) is 47.2 Å². The molecule has 0 bridgehead atoms. The molecule has 0 atom stereocenters. The Balaban J connectivity index is 2.39. The van der Waals surface area contributed by atoms with Crippen LogP contribution in [0.3, 0.4) is 0 Å². The van der Waals surface area contributed by atoms with Crippen LogP contribution in [-0.2, 0) is 0 Å². The number of aliphatic imine (C=N–C) groups is 1. The molecule has 0 aliphatic rings. The standard InChI is InChI=1S/C17H29N3O2S/c1-17(2,23-6)13-19-16(18-3)20(4)11-12-22-15-9-7-14(21-5)8-10-15/h7-10H,11-13H2,1-6H3,(H,18,19). The van der Waals surface area contributed by atoms with E-state index in [9.17, 15) is 0 Å². The highest BCUT2D eigenvalue weighted by atomic mass is 32.2. The maximum absolute atomic E-state index is 5.75. The lowest BCUT2D eigenvalue weighted by Crippen LogP contribution is -2.45. The number of hydrogen-bond acceptors (Lipinski definition) is 4. The molecule has 0 spiro atoms. The highest BCUT2D eigenvalue weighted by molar-refractivity contribution is 7.99. The van der Waals surface area contributed by atoms with Crippen molar-refractivity contribution in [1.29, 1.82) is 0 Å². The first-order valence-corrected chi connectivity index (χ1v) is 8.88. The molecule has 0 unspecified atom stereocenters. The number of likely N-dealkylation sites (N-methyl/N-ethyl adjacent to an activating group) is 1. The number of benzene rings is 1. The first-order valence-electron chi connectivity index (χ1n) is 7.65. The van der Waals surface area contributed by atoms with Gasteiger partial charge in [-0.05, 0) is 44.4 Å². The van der Waals surface area contributed by atoms with Gasteiger partial charge >= 0.3 is 0 Å². The average molecular weight is 340 g/mol. The van der Waals surface area contributed by atoms with E-state index in [-0.39, 0.29) is 4.75 Å². The van der Waals surface area contributed by atoms with Gasteiger partial charge in [-0.1, -0.05) is 0 Å². The number of nitrogens with one attached hydrogen (secondary N) is 1. The fourth-order valence-corrected chi connectivity index (χ4v) is 2.04. The molecule has 23 heavy (non-hydrogen) atoms. The Hall–Kier alpha value is -1.56. The van der Waals surface area contributed by atoms with Crippen LogP contribution >= 0.6 is 11.8 Å². The van der Waals surface area contributed by atoms with Gasteiger partial charge in [-0.2, -0.15) is 11.8 Å². The van der Waals surface area contributed by atoms with Crippen LogP contribution in [0.4, 0.5) is 0 Å². The van der Waals surface area contributed by atoms with Crippen molar-refractivity contribution in [1.82, 2.24) is 10.2 Å². The molecule has 1 aromatic carbocycles. The van der Waals surface area contributed by atoms with E-state index in [1.807, 2.05) is 43.1 Å². The predicted octanol–water partition coefficient (Wildman–Crippen LogP) is 2.72. The average Bonchev–Trinajstić information content (AvgIpc) is 2.56. The van der Waals surface area contributed by atoms with Gasteiger partial charge in [0.15, 0.2) is 5.96 Å². The highest BCUT2D eigenvalue weighted by Gasteiger charge is 2.17. The summed E-state index contributed by atoms with van der Waals surface area (Å²) >= 11 is 1.84. The van der Waals surface area contributed by atoms with Crippen molar-refractivity contribution in [2.45, 2.75) is 18.6 Å². The van der Waals surface area contributed by atoms with Crippen LogP contribution in [0.1, 0.15) is 13.8 Å². The van der Waals surface area contributed by atoms with E-state index in [0.717, 1.165) is 30.5 Å². The Bertz CT molecular complexity index is 489. The molecule has 0 radical (unpaired) electrons. The van der Waals surface area contributed by atoms with Crippen LogP contribution in [0.25, 0.3) is 0 Å². The second-order valence-electron chi connectivity index (χ2n) is 5.81. The third-order valence-electron chi connectivity index (χ3n) is 3.55. The Morgan fingerprint density at radius 3 is 2.39 bits per heavy atom. The summed E-state index contributed by atoms with van der Waals surface area (Å²) in [5, 5.41) is 3.41. The van der Waals surface area contributed by atoms with Gasteiger partial charge in [-0.15, -0.1) is 0 Å². The number of guanidine groups is 1. The minimum atomic E-state index is 0.177. The van der Waals surface area contributed by atoms with Gasteiger partial charge in [0.05, 0.1) is 13.7 Å². The second kappa shape index (κ2) is 9.55. The van der Waals surface area contributed by atoms with Crippen LogP contribution in [-0.4, -0.2) is 62.8 Å². The SMILES string of the molecule is CN=C(NCC(C)(C)SC)N(C)CCOc1ccc(OC)cc1. The van der Waals surface area contributed by atoms with E-state index >= 15 is 0 Å². The van der Waals surface area contributed by atoms with Crippen molar-refractivity contribution in [2.24, 2.45) is 4.99 Å². The Labute approximate surface area is 144 Å². The van der Waals surface area contributed by atoms with Crippen molar-refractivity contribution >= 4 is 17.7 Å². The summed E-state index contributed by atoms with van der Waals surface area (Å²) in [6.45, 7) is 6.64. The molecule has 0 heterocycles. The third-order valence-corrected chi connectivity index (χ3v) is 4.80. The van der Waals surface area contributed by atoms with Crippen LogP contribution < -0.4 is 14.8 Å². The molecule has 0 aliphatic heterocycles. The van der Waals surface area contributed by atoms with Crippen molar-refractivity contribution in [3.05, 3.63) is 24.3 Å².